The molecule has 0 saturated carbocycles. The number of nitrogens with two attached hydrogens (primary N) is 1. The Bertz CT molecular complexity index is 775. The van der Waals surface area contributed by atoms with Crippen molar-refractivity contribution in [1.29, 1.82) is 0 Å². The fourth-order valence-corrected chi connectivity index (χ4v) is 2.26. The van der Waals surface area contributed by atoms with Gasteiger partial charge in [0.15, 0.2) is 18.1 Å². The summed E-state index contributed by atoms with van der Waals surface area (Å²) >= 11 is 0. The van der Waals surface area contributed by atoms with Crippen molar-refractivity contribution in [3.8, 4) is 17.2 Å². The molecule has 0 unspecified atom stereocenters. The van der Waals surface area contributed by atoms with Gasteiger partial charge in [0, 0.05) is 11.8 Å². The summed E-state index contributed by atoms with van der Waals surface area (Å²) in [6.07, 6.45) is 0. The average molecular weight is 328 g/mol. The van der Waals surface area contributed by atoms with E-state index in [1.807, 2.05) is 0 Å². The highest BCUT2D eigenvalue weighted by Crippen LogP contribution is 2.32. The van der Waals surface area contributed by atoms with Crippen LogP contribution in [0.5, 0.6) is 17.2 Å². The number of carbonyl (C=O) groups is 2. The first kappa shape index (κ1) is 15.7. The maximum absolute atomic E-state index is 12.0. The van der Waals surface area contributed by atoms with Crippen LogP contribution in [0.25, 0.3) is 0 Å². The normalized spacial score (nSPS) is 12.3. The van der Waals surface area contributed by atoms with E-state index in [0.29, 0.717) is 30.4 Å². The number of primary amides is 1. The molecular weight excluding hydrogens is 312 g/mol. The number of rotatable bonds is 5. The van der Waals surface area contributed by atoms with Gasteiger partial charge in [0.2, 0.25) is 0 Å². The third-order valence-corrected chi connectivity index (χ3v) is 3.34. The number of nitrogens with one attached hydrogen (secondary N) is 1. The Morgan fingerprint density at radius 3 is 2.62 bits per heavy atom. The Morgan fingerprint density at radius 1 is 1.08 bits per heavy atom. The molecule has 0 bridgehead atoms. The van der Waals surface area contributed by atoms with Gasteiger partial charge >= 0.3 is 0 Å². The van der Waals surface area contributed by atoms with Crippen molar-refractivity contribution in [2.75, 3.05) is 25.1 Å². The van der Waals surface area contributed by atoms with E-state index in [1.54, 1.807) is 36.4 Å². The minimum absolute atomic E-state index is 0.227. The summed E-state index contributed by atoms with van der Waals surface area (Å²) in [6, 6.07) is 11.6. The maximum atomic E-state index is 12.0. The minimum Gasteiger partial charge on any atom is -0.486 e. The van der Waals surface area contributed by atoms with Gasteiger partial charge in [-0.1, -0.05) is 12.1 Å². The summed E-state index contributed by atoms with van der Waals surface area (Å²) in [5.74, 6) is 0.510. The third-order valence-electron chi connectivity index (χ3n) is 3.34. The lowest BCUT2D eigenvalue weighted by Gasteiger charge is -2.19. The van der Waals surface area contributed by atoms with Crippen molar-refractivity contribution in [3.63, 3.8) is 0 Å². The standard InChI is InChI=1S/C17H16N2O5/c18-17(21)12-3-1-2-4-13(12)24-10-16(20)19-11-5-6-14-15(9-11)23-8-7-22-14/h1-6,9H,7-8,10H2,(H2,18,21)(H,19,20). The monoisotopic (exact) mass is 328 g/mol. The number of hydrogen-bond acceptors (Lipinski definition) is 5. The first-order chi connectivity index (χ1) is 11.6. The van der Waals surface area contributed by atoms with Gasteiger partial charge in [-0.25, -0.2) is 0 Å². The van der Waals surface area contributed by atoms with Crippen LogP contribution in [0, 0.1) is 0 Å². The van der Waals surface area contributed by atoms with Crippen molar-refractivity contribution in [1.82, 2.24) is 0 Å². The summed E-state index contributed by atoms with van der Waals surface area (Å²) in [6.45, 7) is 0.724. The van der Waals surface area contributed by atoms with E-state index in [4.69, 9.17) is 19.9 Å². The second kappa shape index (κ2) is 6.91. The zero-order chi connectivity index (χ0) is 16.9. The molecule has 1 aliphatic heterocycles. The average Bonchev–Trinajstić information content (AvgIpc) is 2.60. The van der Waals surface area contributed by atoms with Crippen LogP contribution < -0.4 is 25.3 Å². The number of carbonyl (C=O) groups excluding carboxylic acids is 2. The van der Waals surface area contributed by atoms with Crippen LogP contribution in [0.1, 0.15) is 10.4 Å². The number of hydrogen-bond donors (Lipinski definition) is 2. The summed E-state index contributed by atoms with van der Waals surface area (Å²) in [7, 11) is 0. The lowest BCUT2D eigenvalue weighted by Crippen LogP contribution is -2.22. The first-order valence-corrected chi connectivity index (χ1v) is 7.34. The van der Waals surface area contributed by atoms with Gasteiger partial charge in [-0.05, 0) is 24.3 Å². The number of para-hydroxylation sites is 1. The molecule has 0 aliphatic carbocycles. The molecule has 0 fully saturated rings. The number of amides is 2. The molecule has 1 aliphatic rings. The van der Waals surface area contributed by atoms with Gasteiger partial charge < -0.3 is 25.3 Å². The zero-order valence-corrected chi connectivity index (χ0v) is 12.8. The molecule has 2 aromatic carbocycles. The van der Waals surface area contributed by atoms with Crippen LogP contribution in [0.2, 0.25) is 0 Å². The second-order valence-electron chi connectivity index (χ2n) is 5.06. The molecule has 3 N–H and O–H groups in total. The van der Waals surface area contributed by atoms with E-state index in [1.165, 1.54) is 6.07 Å². The largest absolute Gasteiger partial charge is 0.486 e. The molecule has 24 heavy (non-hydrogen) atoms. The first-order valence-electron chi connectivity index (χ1n) is 7.34. The predicted molar refractivity (Wildman–Crippen MR) is 86.5 cm³/mol. The van der Waals surface area contributed by atoms with Crippen LogP contribution in [-0.4, -0.2) is 31.6 Å². The highest BCUT2D eigenvalue weighted by atomic mass is 16.6. The van der Waals surface area contributed by atoms with Crippen LogP contribution in [0.15, 0.2) is 42.5 Å². The molecule has 0 radical (unpaired) electrons. The van der Waals surface area contributed by atoms with Gasteiger partial charge in [0.25, 0.3) is 11.8 Å². The summed E-state index contributed by atoms with van der Waals surface area (Å²) in [5, 5.41) is 2.70. The molecule has 1 heterocycles. The molecule has 2 amide bonds. The van der Waals surface area contributed by atoms with Crippen LogP contribution >= 0.6 is 0 Å². The molecule has 0 spiro atoms. The Balaban J connectivity index is 1.61. The number of fused-ring (bicyclic) bond motifs is 1. The van der Waals surface area contributed by atoms with Gasteiger partial charge in [-0.15, -0.1) is 0 Å². The topological polar surface area (TPSA) is 99.9 Å². The molecule has 124 valence electrons. The minimum atomic E-state index is -0.613. The molecule has 0 aromatic heterocycles. The van der Waals surface area contributed by atoms with Crippen molar-refractivity contribution >= 4 is 17.5 Å². The number of ether oxygens (including phenoxy) is 3. The Morgan fingerprint density at radius 2 is 1.83 bits per heavy atom. The zero-order valence-electron chi connectivity index (χ0n) is 12.8. The molecule has 7 heteroatoms. The van der Waals surface area contributed by atoms with Crippen molar-refractivity contribution in [2.24, 2.45) is 5.73 Å². The Kier molecular flexibility index (Phi) is 4.51. The SMILES string of the molecule is NC(=O)c1ccccc1OCC(=O)Nc1ccc2c(c1)OCCO2. The highest BCUT2D eigenvalue weighted by Gasteiger charge is 2.14. The van der Waals surface area contributed by atoms with Gasteiger partial charge in [0.1, 0.15) is 19.0 Å². The molecule has 0 atom stereocenters. The lowest BCUT2D eigenvalue weighted by atomic mass is 10.2. The quantitative estimate of drug-likeness (QED) is 0.868. The van der Waals surface area contributed by atoms with Crippen LogP contribution in [0.3, 0.4) is 0 Å². The fraction of sp³-hybridized carbons (Fsp3) is 0.176. The molecule has 3 rings (SSSR count). The molecule has 2 aromatic rings. The van der Waals surface area contributed by atoms with Gasteiger partial charge in [-0.2, -0.15) is 0 Å². The molecule has 7 nitrogen and oxygen atoms in total. The number of anilines is 1. The maximum Gasteiger partial charge on any atom is 0.262 e. The van der Waals surface area contributed by atoms with Gasteiger partial charge in [0.05, 0.1) is 5.56 Å². The van der Waals surface area contributed by atoms with Crippen LogP contribution in [0.4, 0.5) is 5.69 Å². The van der Waals surface area contributed by atoms with E-state index < -0.39 is 5.91 Å². The Hall–Kier alpha value is -3.22. The summed E-state index contributed by atoms with van der Waals surface area (Å²) < 4.78 is 16.3. The smallest absolute Gasteiger partial charge is 0.262 e. The van der Waals surface area contributed by atoms with Crippen molar-refractivity contribution < 1.29 is 23.8 Å². The highest BCUT2D eigenvalue weighted by molar-refractivity contribution is 5.96. The van der Waals surface area contributed by atoms with Crippen LogP contribution in [-0.2, 0) is 4.79 Å². The van der Waals surface area contributed by atoms with E-state index in [0.717, 1.165) is 0 Å². The summed E-state index contributed by atoms with van der Waals surface area (Å²) in [5.41, 5.74) is 6.06. The molecule has 0 saturated heterocycles. The fourth-order valence-electron chi connectivity index (χ4n) is 2.26. The second-order valence-corrected chi connectivity index (χ2v) is 5.06. The third kappa shape index (κ3) is 3.57. The lowest BCUT2D eigenvalue weighted by molar-refractivity contribution is -0.118. The number of benzene rings is 2. The van der Waals surface area contributed by atoms with Gasteiger partial charge in [-0.3, -0.25) is 9.59 Å². The van der Waals surface area contributed by atoms with E-state index in [2.05, 4.69) is 5.32 Å². The van der Waals surface area contributed by atoms with Crippen molar-refractivity contribution in [2.45, 2.75) is 0 Å². The van der Waals surface area contributed by atoms with E-state index >= 15 is 0 Å². The molecular formula is C17H16N2O5. The predicted octanol–water partition coefficient (Wildman–Crippen LogP) is 1.57. The van der Waals surface area contributed by atoms with Crippen molar-refractivity contribution in [3.05, 3.63) is 48.0 Å². The van der Waals surface area contributed by atoms with E-state index in [9.17, 15) is 9.59 Å². The summed E-state index contributed by atoms with van der Waals surface area (Å²) in [4.78, 5) is 23.3. The van der Waals surface area contributed by atoms with E-state index in [-0.39, 0.29) is 23.8 Å². The Labute approximate surface area is 138 Å².